The summed E-state index contributed by atoms with van der Waals surface area (Å²) < 4.78 is 0.317. The van der Waals surface area contributed by atoms with Crippen molar-refractivity contribution < 1.29 is 14.8 Å². The van der Waals surface area contributed by atoms with Crippen LogP contribution in [0.5, 0.6) is 0 Å². The van der Waals surface area contributed by atoms with Crippen LogP contribution in [0.3, 0.4) is 0 Å². The first-order chi connectivity index (χ1) is 9.33. The van der Waals surface area contributed by atoms with Gasteiger partial charge in [-0.3, -0.25) is 14.9 Å². The van der Waals surface area contributed by atoms with Crippen LogP contribution >= 0.6 is 15.9 Å². The van der Waals surface area contributed by atoms with E-state index in [2.05, 4.69) is 21.2 Å². The Balaban J connectivity index is 2.83. The van der Waals surface area contributed by atoms with E-state index in [1.807, 2.05) is 13.8 Å². The number of hydrogen-bond donors (Lipinski definition) is 2. The molecular formula is C13H17BrN2O4. The first-order valence-corrected chi connectivity index (χ1v) is 7.06. The molecule has 0 saturated heterocycles. The van der Waals surface area contributed by atoms with Crippen molar-refractivity contribution in [3.8, 4) is 0 Å². The van der Waals surface area contributed by atoms with E-state index in [4.69, 9.17) is 0 Å². The summed E-state index contributed by atoms with van der Waals surface area (Å²) in [5.74, 6) is -0.444. The number of amides is 1. The van der Waals surface area contributed by atoms with Crippen molar-refractivity contribution in [2.45, 2.75) is 32.3 Å². The molecular weight excluding hydrogens is 328 g/mol. The molecule has 0 aliphatic rings. The van der Waals surface area contributed by atoms with Crippen molar-refractivity contribution in [3.05, 3.63) is 38.3 Å². The lowest BCUT2D eigenvalue weighted by Crippen LogP contribution is -2.42. The first-order valence-electron chi connectivity index (χ1n) is 6.27. The molecule has 0 unspecified atom stereocenters. The van der Waals surface area contributed by atoms with Gasteiger partial charge < -0.3 is 10.4 Å². The van der Waals surface area contributed by atoms with Crippen LogP contribution in [0.2, 0.25) is 0 Å². The fourth-order valence-corrected chi connectivity index (χ4v) is 2.03. The van der Waals surface area contributed by atoms with Gasteiger partial charge in [0, 0.05) is 18.2 Å². The molecule has 0 spiro atoms. The second-order valence-corrected chi connectivity index (χ2v) is 5.39. The third-order valence-corrected chi connectivity index (χ3v) is 3.97. The zero-order valence-electron chi connectivity index (χ0n) is 11.4. The number of benzene rings is 1. The van der Waals surface area contributed by atoms with Gasteiger partial charge in [-0.2, -0.15) is 0 Å². The fraction of sp³-hybridized carbons (Fsp3) is 0.462. The Labute approximate surface area is 125 Å². The van der Waals surface area contributed by atoms with E-state index in [0.29, 0.717) is 17.3 Å². The van der Waals surface area contributed by atoms with Gasteiger partial charge in [-0.05, 0) is 40.9 Å². The summed E-state index contributed by atoms with van der Waals surface area (Å²) in [5, 5.41) is 23.5. The third kappa shape index (κ3) is 4.01. The topological polar surface area (TPSA) is 92.5 Å². The summed E-state index contributed by atoms with van der Waals surface area (Å²) in [6.45, 7) is 3.78. The van der Waals surface area contributed by atoms with Gasteiger partial charge in [0.1, 0.15) is 0 Å². The minimum Gasteiger partial charge on any atom is -0.388 e. The number of aliphatic hydroxyl groups is 1. The number of nitro benzene ring substituents is 1. The van der Waals surface area contributed by atoms with Crippen LogP contribution in [0.4, 0.5) is 5.69 Å². The molecule has 1 rings (SSSR count). The molecule has 1 aromatic carbocycles. The number of halogens is 1. The van der Waals surface area contributed by atoms with Crippen LogP contribution in [-0.2, 0) is 0 Å². The molecule has 1 aromatic rings. The van der Waals surface area contributed by atoms with Gasteiger partial charge in [0.2, 0.25) is 0 Å². The Kier molecular flexibility index (Phi) is 5.64. The second kappa shape index (κ2) is 6.81. The maximum atomic E-state index is 11.9. The molecule has 0 radical (unpaired) electrons. The number of nitrogens with one attached hydrogen (secondary N) is 1. The van der Waals surface area contributed by atoms with E-state index < -0.39 is 16.4 Å². The lowest BCUT2D eigenvalue weighted by Gasteiger charge is -2.25. The van der Waals surface area contributed by atoms with Gasteiger partial charge in [0.25, 0.3) is 11.6 Å². The van der Waals surface area contributed by atoms with E-state index in [1.54, 1.807) is 0 Å². The summed E-state index contributed by atoms with van der Waals surface area (Å²) in [7, 11) is 0. The molecule has 6 nitrogen and oxygen atoms in total. The van der Waals surface area contributed by atoms with E-state index >= 15 is 0 Å². The average Bonchev–Trinajstić information content (AvgIpc) is 2.44. The molecule has 110 valence electrons. The van der Waals surface area contributed by atoms with Crippen molar-refractivity contribution in [2.24, 2.45) is 0 Å². The predicted molar refractivity (Wildman–Crippen MR) is 78.7 cm³/mol. The van der Waals surface area contributed by atoms with Gasteiger partial charge in [-0.1, -0.05) is 13.8 Å². The van der Waals surface area contributed by atoms with Crippen molar-refractivity contribution in [1.29, 1.82) is 0 Å². The second-order valence-electron chi connectivity index (χ2n) is 4.54. The molecule has 0 fully saturated rings. The number of carbonyl (C=O) groups is 1. The third-order valence-electron chi connectivity index (χ3n) is 3.30. The lowest BCUT2D eigenvalue weighted by molar-refractivity contribution is -0.385. The van der Waals surface area contributed by atoms with Crippen molar-refractivity contribution in [2.75, 3.05) is 6.54 Å². The molecule has 0 heterocycles. The fourth-order valence-electron chi connectivity index (χ4n) is 1.64. The number of carbonyl (C=O) groups excluding carboxylic acids is 1. The molecule has 20 heavy (non-hydrogen) atoms. The molecule has 1 amide bonds. The zero-order chi connectivity index (χ0) is 15.3. The van der Waals surface area contributed by atoms with Crippen LogP contribution in [-0.4, -0.2) is 28.1 Å². The highest BCUT2D eigenvalue weighted by molar-refractivity contribution is 9.10. The SMILES string of the molecule is CCC(O)(CC)CNC(=O)c1ccc(Br)c([N+](=O)[O-])c1. The van der Waals surface area contributed by atoms with Gasteiger partial charge in [0.15, 0.2) is 0 Å². The lowest BCUT2D eigenvalue weighted by atomic mass is 9.97. The highest BCUT2D eigenvalue weighted by Crippen LogP contribution is 2.25. The van der Waals surface area contributed by atoms with E-state index in [-0.39, 0.29) is 17.8 Å². The Bertz CT molecular complexity index is 515. The maximum absolute atomic E-state index is 11.9. The smallest absolute Gasteiger partial charge is 0.284 e. The summed E-state index contributed by atoms with van der Waals surface area (Å²) in [6.07, 6.45) is 1.04. The van der Waals surface area contributed by atoms with Gasteiger partial charge in [0.05, 0.1) is 15.0 Å². The van der Waals surface area contributed by atoms with Crippen LogP contribution in [0.15, 0.2) is 22.7 Å². The Morgan fingerprint density at radius 1 is 1.45 bits per heavy atom. The quantitative estimate of drug-likeness (QED) is 0.612. The summed E-state index contributed by atoms with van der Waals surface area (Å²) >= 11 is 3.06. The van der Waals surface area contributed by atoms with E-state index in [0.717, 1.165) is 0 Å². The summed E-state index contributed by atoms with van der Waals surface area (Å²) in [6, 6.07) is 4.15. The van der Waals surface area contributed by atoms with Crippen LogP contribution in [0.1, 0.15) is 37.0 Å². The zero-order valence-corrected chi connectivity index (χ0v) is 12.9. The molecule has 0 aliphatic heterocycles. The Hall–Kier alpha value is -1.47. The molecule has 0 saturated carbocycles. The predicted octanol–water partition coefficient (Wildman–Crippen LogP) is 2.64. The molecule has 0 atom stereocenters. The molecule has 7 heteroatoms. The van der Waals surface area contributed by atoms with E-state index in [9.17, 15) is 20.0 Å². The van der Waals surface area contributed by atoms with Gasteiger partial charge in [-0.15, -0.1) is 0 Å². The Morgan fingerprint density at radius 2 is 2.05 bits per heavy atom. The first kappa shape index (κ1) is 16.6. The number of nitrogens with zero attached hydrogens (tertiary/aromatic N) is 1. The molecule has 0 aromatic heterocycles. The van der Waals surface area contributed by atoms with Crippen LogP contribution < -0.4 is 5.32 Å². The normalized spacial score (nSPS) is 11.2. The molecule has 2 N–H and O–H groups in total. The largest absolute Gasteiger partial charge is 0.388 e. The van der Waals surface area contributed by atoms with Crippen molar-refractivity contribution >= 4 is 27.5 Å². The molecule has 0 aliphatic carbocycles. The minimum absolute atomic E-state index is 0.114. The average molecular weight is 345 g/mol. The van der Waals surface area contributed by atoms with Crippen LogP contribution in [0, 0.1) is 10.1 Å². The highest BCUT2D eigenvalue weighted by Gasteiger charge is 2.23. The summed E-state index contributed by atoms with van der Waals surface area (Å²) in [5.41, 5.74) is -0.926. The molecule has 0 bridgehead atoms. The maximum Gasteiger partial charge on any atom is 0.284 e. The van der Waals surface area contributed by atoms with Crippen molar-refractivity contribution in [3.63, 3.8) is 0 Å². The highest BCUT2D eigenvalue weighted by atomic mass is 79.9. The monoisotopic (exact) mass is 344 g/mol. The summed E-state index contributed by atoms with van der Waals surface area (Å²) in [4.78, 5) is 22.2. The van der Waals surface area contributed by atoms with Gasteiger partial charge in [-0.25, -0.2) is 0 Å². The number of rotatable bonds is 6. The van der Waals surface area contributed by atoms with Crippen molar-refractivity contribution in [1.82, 2.24) is 5.32 Å². The standard InChI is InChI=1S/C13H17BrN2O4/c1-3-13(18,4-2)8-15-12(17)9-5-6-10(14)11(7-9)16(19)20/h5-7,18H,3-4,8H2,1-2H3,(H,15,17). The van der Waals surface area contributed by atoms with E-state index in [1.165, 1.54) is 18.2 Å². The Morgan fingerprint density at radius 3 is 2.55 bits per heavy atom. The number of hydrogen-bond acceptors (Lipinski definition) is 4. The minimum atomic E-state index is -0.947. The van der Waals surface area contributed by atoms with Gasteiger partial charge >= 0.3 is 0 Å². The number of nitro groups is 1. The van der Waals surface area contributed by atoms with Crippen LogP contribution in [0.25, 0.3) is 0 Å².